The summed E-state index contributed by atoms with van der Waals surface area (Å²) < 4.78 is 0. The van der Waals surface area contributed by atoms with Crippen LogP contribution in [0.3, 0.4) is 0 Å². The van der Waals surface area contributed by atoms with E-state index in [4.69, 9.17) is 0 Å². The second kappa shape index (κ2) is 5.13. The molecule has 0 bridgehead atoms. The molecule has 0 aliphatic rings. The van der Waals surface area contributed by atoms with E-state index in [1.54, 1.807) is 30.5 Å². The summed E-state index contributed by atoms with van der Waals surface area (Å²) in [5, 5.41) is 7.83. The van der Waals surface area contributed by atoms with Gasteiger partial charge in [-0.3, -0.25) is 14.9 Å². The van der Waals surface area contributed by atoms with Gasteiger partial charge in [0.15, 0.2) is 0 Å². The number of nitrogens with zero attached hydrogens (tertiary/aromatic N) is 3. The minimum atomic E-state index is -0.0155. The number of aromatic nitrogens is 3. The quantitative estimate of drug-likeness (QED) is 0.790. The number of benzene rings is 1. The molecule has 2 heterocycles. The Kier molecular flexibility index (Phi) is 3.16. The molecular weight excluding hydrogens is 252 g/mol. The lowest BCUT2D eigenvalue weighted by Gasteiger charge is -2.17. The molecule has 0 fully saturated rings. The minimum Gasteiger partial charge on any atom is -0.337 e. The van der Waals surface area contributed by atoms with Gasteiger partial charge < -0.3 is 4.90 Å². The first-order valence-corrected chi connectivity index (χ1v) is 6.31. The van der Waals surface area contributed by atoms with E-state index in [9.17, 15) is 4.79 Å². The molecule has 0 aliphatic carbocycles. The Morgan fingerprint density at radius 1 is 1.25 bits per heavy atom. The van der Waals surface area contributed by atoms with Gasteiger partial charge in [-0.1, -0.05) is 6.07 Å². The summed E-state index contributed by atoms with van der Waals surface area (Å²) in [5.74, 6) is -0.0155. The predicted octanol–water partition coefficient (Wildman–Crippen LogP) is 2.23. The van der Waals surface area contributed by atoms with Crippen molar-refractivity contribution >= 4 is 16.8 Å². The number of amides is 1. The van der Waals surface area contributed by atoms with Crippen LogP contribution in [-0.2, 0) is 6.54 Å². The molecule has 20 heavy (non-hydrogen) atoms. The van der Waals surface area contributed by atoms with E-state index in [0.717, 1.165) is 16.5 Å². The lowest BCUT2D eigenvalue weighted by atomic mass is 10.1. The second-order valence-electron chi connectivity index (χ2n) is 4.69. The highest BCUT2D eigenvalue weighted by Crippen LogP contribution is 2.15. The van der Waals surface area contributed by atoms with Gasteiger partial charge >= 0.3 is 0 Å². The fourth-order valence-corrected chi connectivity index (χ4v) is 2.12. The van der Waals surface area contributed by atoms with Crippen LogP contribution in [0.15, 0.2) is 48.9 Å². The van der Waals surface area contributed by atoms with Gasteiger partial charge in [-0.05, 0) is 29.8 Å². The smallest absolute Gasteiger partial charge is 0.253 e. The van der Waals surface area contributed by atoms with Gasteiger partial charge in [0.05, 0.1) is 11.7 Å². The Morgan fingerprint density at radius 2 is 2.05 bits per heavy atom. The van der Waals surface area contributed by atoms with Crippen molar-refractivity contribution in [2.45, 2.75) is 6.54 Å². The van der Waals surface area contributed by atoms with Gasteiger partial charge in [-0.15, -0.1) is 0 Å². The zero-order chi connectivity index (χ0) is 13.9. The first kappa shape index (κ1) is 12.3. The molecule has 3 rings (SSSR count). The third kappa shape index (κ3) is 2.38. The summed E-state index contributed by atoms with van der Waals surface area (Å²) in [6, 6.07) is 9.35. The van der Waals surface area contributed by atoms with Crippen molar-refractivity contribution in [2.24, 2.45) is 0 Å². The average Bonchev–Trinajstić information content (AvgIpc) is 2.94. The molecule has 1 aromatic carbocycles. The molecule has 1 N–H and O–H groups in total. The number of nitrogens with one attached hydrogen (secondary N) is 1. The molecule has 0 atom stereocenters. The van der Waals surface area contributed by atoms with Crippen molar-refractivity contribution in [3.8, 4) is 0 Å². The fraction of sp³-hybridized carbons (Fsp3) is 0.133. The van der Waals surface area contributed by atoms with Crippen LogP contribution in [0.25, 0.3) is 10.9 Å². The summed E-state index contributed by atoms with van der Waals surface area (Å²) in [4.78, 5) is 18.0. The summed E-state index contributed by atoms with van der Waals surface area (Å²) in [7, 11) is 1.79. The predicted molar refractivity (Wildman–Crippen MR) is 76.1 cm³/mol. The number of pyridine rings is 1. The van der Waals surface area contributed by atoms with Crippen molar-refractivity contribution in [3.05, 3.63) is 60.0 Å². The Hall–Kier alpha value is -2.69. The van der Waals surface area contributed by atoms with Gasteiger partial charge in [-0.25, -0.2) is 0 Å². The van der Waals surface area contributed by atoms with Crippen molar-refractivity contribution in [3.63, 3.8) is 0 Å². The first-order valence-electron chi connectivity index (χ1n) is 6.31. The van der Waals surface area contributed by atoms with E-state index < -0.39 is 0 Å². The van der Waals surface area contributed by atoms with E-state index in [2.05, 4.69) is 15.2 Å². The molecule has 2 aromatic heterocycles. The van der Waals surface area contributed by atoms with E-state index in [1.165, 1.54) is 0 Å². The SMILES string of the molecule is CN(Cc1ccncc1)C(=O)c1ccc2cn[nH]c2c1. The standard InChI is InChI=1S/C15H14N4O/c1-19(10-11-4-6-16-7-5-11)15(20)12-2-3-13-9-17-18-14(13)8-12/h2-9H,10H2,1H3,(H,17,18). The number of H-pyrrole nitrogens is 1. The molecule has 0 unspecified atom stereocenters. The van der Waals surface area contributed by atoms with Crippen LogP contribution in [0.4, 0.5) is 0 Å². The van der Waals surface area contributed by atoms with E-state index in [-0.39, 0.29) is 5.91 Å². The van der Waals surface area contributed by atoms with Crippen LogP contribution < -0.4 is 0 Å². The maximum Gasteiger partial charge on any atom is 0.253 e. The zero-order valence-corrected chi connectivity index (χ0v) is 11.1. The van der Waals surface area contributed by atoms with E-state index >= 15 is 0 Å². The molecule has 3 aromatic rings. The summed E-state index contributed by atoms with van der Waals surface area (Å²) in [5.41, 5.74) is 2.57. The summed E-state index contributed by atoms with van der Waals surface area (Å²) >= 11 is 0. The molecular formula is C15H14N4O. The highest BCUT2D eigenvalue weighted by Gasteiger charge is 2.12. The normalized spacial score (nSPS) is 10.7. The lowest BCUT2D eigenvalue weighted by molar-refractivity contribution is 0.0785. The average molecular weight is 266 g/mol. The van der Waals surface area contributed by atoms with Crippen molar-refractivity contribution in [1.82, 2.24) is 20.1 Å². The number of carbonyl (C=O) groups is 1. The molecule has 1 amide bonds. The topological polar surface area (TPSA) is 61.9 Å². The van der Waals surface area contributed by atoms with Crippen LogP contribution >= 0.6 is 0 Å². The summed E-state index contributed by atoms with van der Waals surface area (Å²) in [6.45, 7) is 0.558. The number of rotatable bonds is 3. The maximum atomic E-state index is 12.4. The molecule has 0 spiro atoms. The molecule has 0 aliphatic heterocycles. The van der Waals surface area contributed by atoms with Gasteiger partial charge in [-0.2, -0.15) is 5.10 Å². The minimum absolute atomic E-state index is 0.0155. The number of fused-ring (bicyclic) bond motifs is 1. The van der Waals surface area contributed by atoms with Crippen molar-refractivity contribution < 1.29 is 4.79 Å². The van der Waals surface area contributed by atoms with Crippen LogP contribution in [0, 0.1) is 0 Å². The number of hydrogen-bond acceptors (Lipinski definition) is 3. The third-order valence-corrected chi connectivity index (χ3v) is 3.20. The van der Waals surface area contributed by atoms with Gasteiger partial charge in [0.1, 0.15) is 0 Å². The highest BCUT2D eigenvalue weighted by atomic mass is 16.2. The third-order valence-electron chi connectivity index (χ3n) is 3.20. The Labute approximate surface area is 116 Å². The number of aromatic amines is 1. The Bertz CT molecular complexity index is 736. The van der Waals surface area contributed by atoms with E-state index in [1.807, 2.05) is 30.3 Å². The van der Waals surface area contributed by atoms with Gasteiger partial charge in [0, 0.05) is 36.9 Å². The first-order chi connectivity index (χ1) is 9.74. The largest absolute Gasteiger partial charge is 0.337 e. The van der Waals surface area contributed by atoms with Crippen LogP contribution in [-0.4, -0.2) is 33.0 Å². The molecule has 100 valence electrons. The zero-order valence-electron chi connectivity index (χ0n) is 11.1. The molecule has 0 saturated carbocycles. The van der Waals surface area contributed by atoms with Crippen LogP contribution in [0.2, 0.25) is 0 Å². The van der Waals surface area contributed by atoms with Crippen LogP contribution in [0.5, 0.6) is 0 Å². The molecule has 0 radical (unpaired) electrons. The fourth-order valence-electron chi connectivity index (χ4n) is 2.12. The molecule has 5 nitrogen and oxygen atoms in total. The van der Waals surface area contributed by atoms with Crippen molar-refractivity contribution in [2.75, 3.05) is 7.05 Å². The molecule has 0 saturated heterocycles. The monoisotopic (exact) mass is 266 g/mol. The lowest BCUT2D eigenvalue weighted by Crippen LogP contribution is -2.26. The van der Waals surface area contributed by atoms with Crippen LogP contribution in [0.1, 0.15) is 15.9 Å². The summed E-state index contributed by atoms with van der Waals surface area (Å²) in [6.07, 6.45) is 5.19. The van der Waals surface area contributed by atoms with E-state index in [0.29, 0.717) is 12.1 Å². The van der Waals surface area contributed by atoms with Crippen molar-refractivity contribution in [1.29, 1.82) is 0 Å². The number of carbonyl (C=O) groups excluding carboxylic acids is 1. The highest BCUT2D eigenvalue weighted by molar-refractivity contribution is 5.97. The number of hydrogen-bond donors (Lipinski definition) is 1. The second-order valence-corrected chi connectivity index (χ2v) is 4.69. The Morgan fingerprint density at radius 3 is 2.85 bits per heavy atom. The van der Waals surface area contributed by atoms with Gasteiger partial charge in [0.25, 0.3) is 5.91 Å². The molecule has 5 heteroatoms. The maximum absolute atomic E-state index is 12.4. The Balaban J connectivity index is 1.80. The van der Waals surface area contributed by atoms with Gasteiger partial charge in [0.2, 0.25) is 0 Å².